The lowest BCUT2D eigenvalue weighted by Gasteiger charge is -2.32. The normalized spacial score (nSPS) is 15.4. The van der Waals surface area contributed by atoms with E-state index in [1.54, 1.807) is 17.7 Å². The first-order valence-electron chi connectivity index (χ1n) is 9.60. The number of aryl methyl sites for hydroxylation is 4. The molecule has 148 valence electrons. The summed E-state index contributed by atoms with van der Waals surface area (Å²) in [5.74, 6) is 2.44. The number of hydrogen-bond acceptors (Lipinski definition) is 7. The van der Waals surface area contributed by atoms with Gasteiger partial charge in [-0.05, 0) is 46.1 Å². The number of thiophene rings is 1. The van der Waals surface area contributed by atoms with Crippen LogP contribution in [0.25, 0.3) is 10.2 Å². The standard InChI is InChI=1S/C20H25N5O2S/c1-11-14(4)28-20-17(11)18(22-10-23-20)25-7-5-15(6-8-25)19(26)21-9-16-24-12(2)13(3)27-16/h10,15H,5-9H2,1-4H3,(H,21,26). The van der Waals surface area contributed by atoms with Crippen LogP contribution in [-0.2, 0) is 11.3 Å². The summed E-state index contributed by atoms with van der Waals surface area (Å²) < 4.78 is 5.53. The van der Waals surface area contributed by atoms with E-state index in [-0.39, 0.29) is 11.8 Å². The molecule has 28 heavy (non-hydrogen) atoms. The van der Waals surface area contributed by atoms with E-state index in [1.165, 1.54) is 10.4 Å². The van der Waals surface area contributed by atoms with E-state index in [9.17, 15) is 4.79 Å². The van der Waals surface area contributed by atoms with E-state index in [4.69, 9.17) is 4.42 Å². The maximum absolute atomic E-state index is 12.6. The molecule has 0 bridgehead atoms. The number of anilines is 1. The van der Waals surface area contributed by atoms with Crippen molar-refractivity contribution in [2.24, 2.45) is 5.92 Å². The smallest absolute Gasteiger partial charge is 0.223 e. The minimum Gasteiger partial charge on any atom is -0.444 e. The second-order valence-corrected chi connectivity index (χ2v) is 8.59. The first-order chi connectivity index (χ1) is 13.4. The molecule has 0 aromatic carbocycles. The number of piperidine rings is 1. The largest absolute Gasteiger partial charge is 0.444 e. The summed E-state index contributed by atoms with van der Waals surface area (Å²) in [5.41, 5.74) is 2.12. The SMILES string of the molecule is Cc1nc(CNC(=O)C2CCN(c3ncnc4sc(C)c(C)c34)CC2)oc1C. The maximum atomic E-state index is 12.6. The monoisotopic (exact) mass is 399 g/mol. The van der Waals surface area contributed by atoms with Gasteiger partial charge in [0.15, 0.2) is 0 Å². The molecule has 0 spiro atoms. The van der Waals surface area contributed by atoms with Crippen molar-refractivity contribution in [1.29, 1.82) is 0 Å². The zero-order valence-electron chi connectivity index (χ0n) is 16.7. The molecule has 0 aliphatic carbocycles. The lowest BCUT2D eigenvalue weighted by molar-refractivity contribution is -0.125. The number of hydrogen-bond donors (Lipinski definition) is 1. The maximum Gasteiger partial charge on any atom is 0.223 e. The Bertz CT molecular complexity index is 998. The molecule has 1 aliphatic rings. The Morgan fingerprint density at radius 2 is 2.00 bits per heavy atom. The molecular formula is C20H25N5O2S. The molecule has 1 aliphatic heterocycles. The molecular weight excluding hydrogens is 374 g/mol. The van der Waals surface area contributed by atoms with Gasteiger partial charge in [-0.1, -0.05) is 0 Å². The topological polar surface area (TPSA) is 84.2 Å². The van der Waals surface area contributed by atoms with E-state index >= 15 is 0 Å². The van der Waals surface area contributed by atoms with Gasteiger partial charge in [0.05, 0.1) is 17.6 Å². The highest BCUT2D eigenvalue weighted by molar-refractivity contribution is 7.18. The van der Waals surface area contributed by atoms with Crippen LogP contribution in [0.4, 0.5) is 5.82 Å². The van der Waals surface area contributed by atoms with Crippen molar-refractivity contribution in [2.45, 2.75) is 47.1 Å². The van der Waals surface area contributed by atoms with Crippen LogP contribution < -0.4 is 10.2 Å². The molecule has 0 saturated carbocycles. The zero-order chi connectivity index (χ0) is 19.8. The van der Waals surface area contributed by atoms with Crippen LogP contribution in [0.15, 0.2) is 10.7 Å². The van der Waals surface area contributed by atoms with Gasteiger partial charge in [-0.2, -0.15) is 0 Å². The van der Waals surface area contributed by atoms with Gasteiger partial charge in [0.1, 0.15) is 22.7 Å². The number of nitrogens with one attached hydrogen (secondary N) is 1. The molecule has 7 nitrogen and oxygen atoms in total. The molecule has 1 saturated heterocycles. The molecule has 0 unspecified atom stereocenters. The van der Waals surface area contributed by atoms with E-state index in [2.05, 4.69) is 39.0 Å². The number of aromatic nitrogens is 3. The molecule has 4 rings (SSSR count). The lowest BCUT2D eigenvalue weighted by atomic mass is 9.95. The van der Waals surface area contributed by atoms with E-state index < -0.39 is 0 Å². The van der Waals surface area contributed by atoms with Crippen molar-refractivity contribution in [2.75, 3.05) is 18.0 Å². The van der Waals surface area contributed by atoms with Gasteiger partial charge in [0.2, 0.25) is 11.8 Å². The van der Waals surface area contributed by atoms with Gasteiger partial charge >= 0.3 is 0 Å². The third-order valence-corrected chi connectivity index (χ3v) is 6.71. The third-order valence-electron chi connectivity index (χ3n) is 5.60. The van der Waals surface area contributed by atoms with Crippen LogP contribution >= 0.6 is 11.3 Å². The van der Waals surface area contributed by atoms with Gasteiger partial charge in [-0.3, -0.25) is 4.79 Å². The van der Waals surface area contributed by atoms with E-state index in [1.807, 2.05) is 13.8 Å². The quantitative estimate of drug-likeness (QED) is 0.723. The fourth-order valence-corrected chi connectivity index (χ4v) is 4.67. The number of amides is 1. The molecule has 3 aromatic rings. The van der Waals surface area contributed by atoms with E-state index in [0.717, 1.165) is 53.4 Å². The van der Waals surface area contributed by atoms with Gasteiger partial charge < -0.3 is 14.6 Å². The Kier molecular flexibility index (Phi) is 5.05. The van der Waals surface area contributed by atoms with Gasteiger partial charge in [-0.15, -0.1) is 11.3 Å². The van der Waals surface area contributed by atoms with Gasteiger partial charge in [-0.25, -0.2) is 15.0 Å². The Morgan fingerprint density at radius 1 is 1.25 bits per heavy atom. The summed E-state index contributed by atoms with van der Waals surface area (Å²) in [6, 6.07) is 0. The van der Waals surface area contributed by atoms with Gasteiger partial charge in [0, 0.05) is 23.9 Å². The number of carbonyl (C=O) groups excluding carboxylic acids is 1. The van der Waals surface area contributed by atoms with Crippen molar-refractivity contribution >= 4 is 33.3 Å². The fourth-order valence-electron chi connectivity index (χ4n) is 3.68. The highest BCUT2D eigenvalue weighted by atomic mass is 32.1. The van der Waals surface area contributed by atoms with Crippen molar-refractivity contribution in [3.8, 4) is 0 Å². The summed E-state index contributed by atoms with van der Waals surface area (Å²) in [6.07, 6.45) is 3.26. The van der Waals surface area contributed by atoms with Crippen LogP contribution in [0.2, 0.25) is 0 Å². The predicted octanol–water partition coefficient (Wildman–Crippen LogP) is 3.45. The Labute approximate surface area is 168 Å². The predicted molar refractivity (Wildman–Crippen MR) is 110 cm³/mol. The van der Waals surface area contributed by atoms with Crippen molar-refractivity contribution in [1.82, 2.24) is 20.3 Å². The first kappa shape index (κ1) is 18.9. The molecule has 4 heterocycles. The summed E-state index contributed by atoms with van der Waals surface area (Å²) >= 11 is 1.71. The van der Waals surface area contributed by atoms with Crippen molar-refractivity contribution < 1.29 is 9.21 Å². The third kappa shape index (κ3) is 3.48. The Hall–Kier alpha value is -2.48. The van der Waals surface area contributed by atoms with Crippen molar-refractivity contribution in [3.63, 3.8) is 0 Å². The molecule has 1 N–H and O–H groups in total. The van der Waals surface area contributed by atoms with Crippen LogP contribution in [0.5, 0.6) is 0 Å². The summed E-state index contributed by atoms with van der Waals surface area (Å²) in [5, 5.41) is 4.12. The van der Waals surface area contributed by atoms with Crippen molar-refractivity contribution in [3.05, 3.63) is 34.1 Å². The van der Waals surface area contributed by atoms with Crippen LogP contribution in [0, 0.1) is 33.6 Å². The average Bonchev–Trinajstić information content (AvgIpc) is 3.18. The number of nitrogens with zero attached hydrogens (tertiary/aromatic N) is 4. The number of rotatable bonds is 4. The molecule has 1 amide bonds. The Morgan fingerprint density at radius 3 is 2.68 bits per heavy atom. The summed E-state index contributed by atoms with van der Waals surface area (Å²) in [4.78, 5) is 30.5. The highest BCUT2D eigenvalue weighted by Crippen LogP contribution is 2.35. The molecule has 0 atom stereocenters. The molecule has 3 aromatic heterocycles. The van der Waals surface area contributed by atoms with Crippen LogP contribution in [0.1, 0.15) is 40.6 Å². The number of carbonyl (C=O) groups is 1. The van der Waals surface area contributed by atoms with Crippen LogP contribution in [0.3, 0.4) is 0 Å². The first-order valence-corrected chi connectivity index (χ1v) is 10.4. The Balaban J connectivity index is 1.39. The molecule has 1 fully saturated rings. The second-order valence-electron chi connectivity index (χ2n) is 7.39. The minimum absolute atomic E-state index is 0.0102. The van der Waals surface area contributed by atoms with E-state index in [0.29, 0.717) is 12.4 Å². The zero-order valence-corrected chi connectivity index (χ0v) is 17.5. The average molecular weight is 400 g/mol. The fraction of sp³-hybridized carbons (Fsp3) is 0.500. The van der Waals surface area contributed by atoms with Crippen LogP contribution in [-0.4, -0.2) is 33.9 Å². The number of fused-ring (bicyclic) bond motifs is 1. The summed E-state index contributed by atoms with van der Waals surface area (Å²) in [6.45, 7) is 10.0. The second kappa shape index (κ2) is 7.50. The number of oxazole rings is 1. The molecule has 0 radical (unpaired) electrons. The lowest BCUT2D eigenvalue weighted by Crippen LogP contribution is -2.40. The highest BCUT2D eigenvalue weighted by Gasteiger charge is 2.27. The summed E-state index contributed by atoms with van der Waals surface area (Å²) in [7, 11) is 0. The van der Waals surface area contributed by atoms with Gasteiger partial charge in [0.25, 0.3) is 0 Å². The minimum atomic E-state index is 0.0102. The molecule has 8 heteroatoms.